The molecule has 0 amide bonds. The zero-order chi connectivity index (χ0) is 14.2. The monoisotopic (exact) mass is 273 g/mol. The van der Waals surface area contributed by atoms with Crippen molar-refractivity contribution < 1.29 is 9.84 Å². The molecule has 0 radical (unpaired) electrons. The molecule has 0 aliphatic carbocycles. The molecule has 5 nitrogen and oxygen atoms in total. The minimum Gasteiger partial charge on any atom is -0.394 e. The van der Waals surface area contributed by atoms with E-state index in [9.17, 15) is 5.11 Å². The minimum absolute atomic E-state index is 0.00745. The van der Waals surface area contributed by atoms with Crippen LogP contribution >= 0.6 is 0 Å². The van der Waals surface area contributed by atoms with Crippen molar-refractivity contribution in [1.82, 2.24) is 9.97 Å². The highest BCUT2D eigenvalue weighted by Crippen LogP contribution is 2.24. The van der Waals surface area contributed by atoms with Gasteiger partial charge in [0.1, 0.15) is 0 Å². The van der Waals surface area contributed by atoms with Gasteiger partial charge in [0.15, 0.2) is 0 Å². The summed E-state index contributed by atoms with van der Waals surface area (Å²) in [5, 5.41) is 10.4. The molecule has 0 saturated carbocycles. The predicted molar refractivity (Wildman–Crippen MR) is 77.8 cm³/mol. The lowest BCUT2D eigenvalue weighted by atomic mass is 10.1. The zero-order valence-electron chi connectivity index (χ0n) is 11.8. The Labute approximate surface area is 118 Å². The number of fused-ring (bicyclic) bond motifs is 1. The maximum Gasteiger partial charge on any atom is 0.226 e. The van der Waals surface area contributed by atoms with Crippen molar-refractivity contribution in [3.63, 3.8) is 0 Å². The lowest BCUT2D eigenvalue weighted by Gasteiger charge is -2.42. The number of para-hydroxylation sites is 1. The third kappa shape index (κ3) is 2.59. The smallest absolute Gasteiger partial charge is 0.226 e. The van der Waals surface area contributed by atoms with Gasteiger partial charge in [0.05, 0.1) is 23.8 Å². The van der Waals surface area contributed by atoms with E-state index in [2.05, 4.69) is 14.9 Å². The highest BCUT2D eigenvalue weighted by molar-refractivity contribution is 5.78. The van der Waals surface area contributed by atoms with E-state index in [4.69, 9.17) is 4.74 Å². The summed E-state index contributed by atoms with van der Waals surface area (Å²) in [6, 6.07) is 7.93. The van der Waals surface area contributed by atoms with Crippen LogP contribution in [0.1, 0.15) is 13.8 Å². The highest BCUT2D eigenvalue weighted by Gasteiger charge is 2.34. The van der Waals surface area contributed by atoms with Gasteiger partial charge in [-0.2, -0.15) is 0 Å². The molecule has 1 saturated heterocycles. The van der Waals surface area contributed by atoms with Gasteiger partial charge in [0.2, 0.25) is 5.95 Å². The van der Waals surface area contributed by atoms with E-state index in [1.165, 1.54) is 0 Å². The van der Waals surface area contributed by atoms with Crippen LogP contribution < -0.4 is 4.90 Å². The molecule has 1 aliphatic rings. The van der Waals surface area contributed by atoms with Gasteiger partial charge in [-0.25, -0.2) is 9.97 Å². The summed E-state index contributed by atoms with van der Waals surface area (Å²) in [6.45, 7) is 5.36. The number of rotatable bonds is 2. The molecular weight excluding hydrogens is 254 g/mol. The second kappa shape index (κ2) is 5.00. The summed E-state index contributed by atoms with van der Waals surface area (Å²) in [7, 11) is 0. The summed E-state index contributed by atoms with van der Waals surface area (Å²) in [4.78, 5) is 11.1. The topological polar surface area (TPSA) is 58.5 Å². The molecular formula is C15H19N3O2. The van der Waals surface area contributed by atoms with Crippen molar-refractivity contribution in [2.45, 2.75) is 25.6 Å². The second-order valence-electron chi connectivity index (χ2n) is 5.79. The van der Waals surface area contributed by atoms with Crippen LogP contribution in [-0.4, -0.2) is 46.5 Å². The van der Waals surface area contributed by atoms with Crippen molar-refractivity contribution in [3.8, 4) is 0 Å². The Bertz CT molecular complexity index is 615. The summed E-state index contributed by atoms with van der Waals surface area (Å²) >= 11 is 0. The van der Waals surface area contributed by atoms with Crippen LogP contribution in [0.25, 0.3) is 10.9 Å². The molecule has 1 fully saturated rings. The van der Waals surface area contributed by atoms with E-state index in [1.54, 1.807) is 0 Å². The van der Waals surface area contributed by atoms with Crippen LogP contribution in [-0.2, 0) is 4.74 Å². The molecule has 1 unspecified atom stereocenters. The van der Waals surface area contributed by atoms with Crippen molar-refractivity contribution in [1.29, 1.82) is 0 Å². The minimum atomic E-state index is -0.319. The number of anilines is 1. The third-order valence-electron chi connectivity index (χ3n) is 3.44. The second-order valence-corrected chi connectivity index (χ2v) is 5.79. The average Bonchev–Trinajstić information content (AvgIpc) is 2.45. The van der Waals surface area contributed by atoms with E-state index in [0.29, 0.717) is 19.0 Å². The number of ether oxygens (including phenoxy) is 1. The van der Waals surface area contributed by atoms with E-state index in [1.807, 2.05) is 44.3 Å². The van der Waals surface area contributed by atoms with Crippen LogP contribution in [0.5, 0.6) is 0 Å². The van der Waals surface area contributed by atoms with Crippen LogP contribution in [0.15, 0.2) is 30.5 Å². The van der Waals surface area contributed by atoms with Gasteiger partial charge in [-0.1, -0.05) is 18.2 Å². The molecule has 0 spiro atoms. The molecule has 1 N–H and O–H groups in total. The Hall–Kier alpha value is -1.72. The molecule has 1 atom stereocenters. The Morgan fingerprint density at radius 2 is 2.20 bits per heavy atom. The number of aromatic nitrogens is 2. The molecule has 5 heteroatoms. The lowest BCUT2D eigenvalue weighted by molar-refractivity contribution is -0.101. The number of aliphatic hydroxyl groups excluding tert-OH is 1. The molecule has 1 aliphatic heterocycles. The van der Waals surface area contributed by atoms with Crippen molar-refractivity contribution >= 4 is 16.9 Å². The maximum atomic E-state index is 9.37. The van der Waals surface area contributed by atoms with Gasteiger partial charge in [-0.05, 0) is 19.9 Å². The molecule has 3 rings (SSSR count). The number of hydrogen-bond donors (Lipinski definition) is 1. The van der Waals surface area contributed by atoms with E-state index >= 15 is 0 Å². The van der Waals surface area contributed by atoms with E-state index in [-0.39, 0.29) is 18.3 Å². The quantitative estimate of drug-likeness (QED) is 0.900. The SMILES string of the molecule is CC1(C)CN(c2ncc3ccccc3n2)CC(CO)O1. The fraction of sp³-hybridized carbons (Fsp3) is 0.467. The van der Waals surface area contributed by atoms with Gasteiger partial charge in [-0.3, -0.25) is 0 Å². The third-order valence-corrected chi connectivity index (χ3v) is 3.44. The van der Waals surface area contributed by atoms with Gasteiger partial charge < -0.3 is 14.7 Å². The van der Waals surface area contributed by atoms with Gasteiger partial charge in [0, 0.05) is 24.7 Å². The summed E-state index contributed by atoms with van der Waals surface area (Å²) in [5.41, 5.74) is 0.614. The van der Waals surface area contributed by atoms with Crippen LogP contribution in [0.2, 0.25) is 0 Å². The van der Waals surface area contributed by atoms with Crippen molar-refractivity contribution in [3.05, 3.63) is 30.5 Å². The molecule has 1 aromatic carbocycles. The summed E-state index contributed by atoms with van der Waals surface area (Å²) in [6.07, 6.45) is 1.64. The summed E-state index contributed by atoms with van der Waals surface area (Å²) in [5.74, 6) is 0.693. The largest absolute Gasteiger partial charge is 0.394 e. The first kappa shape index (κ1) is 13.3. The van der Waals surface area contributed by atoms with Crippen LogP contribution in [0.4, 0.5) is 5.95 Å². The average molecular weight is 273 g/mol. The van der Waals surface area contributed by atoms with Gasteiger partial charge in [0.25, 0.3) is 0 Å². The fourth-order valence-electron chi connectivity index (χ4n) is 2.66. The first-order valence-corrected chi connectivity index (χ1v) is 6.83. The Morgan fingerprint density at radius 3 is 3.00 bits per heavy atom. The zero-order valence-corrected chi connectivity index (χ0v) is 11.8. The van der Waals surface area contributed by atoms with Gasteiger partial charge in [-0.15, -0.1) is 0 Å². The normalized spacial score (nSPS) is 22.1. The lowest BCUT2D eigenvalue weighted by Crippen LogP contribution is -2.54. The molecule has 106 valence electrons. The number of hydrogen-bond acceptors (Lipinski definition) is 5. The fourth-order valence-corrected chi connectivity index (χ4v) is 2.66. The van der Waals surface area contributed by atoms with Crippen LogP contribution in [0, 0.1) is 0 Å². The molecule has 2 aromatic rings. The first-order chi connectivity index (χ1) is 9.57. The number of aliphatic hydroxyl groups is 1. The molecule has 20 heavy (non-hydrogen) atoms. The standard InChI is InChI=1S/C15H19N3O2/c1-15(2)10-18(8-12(9-19)20-15)14-16-7-11-5-3-4-6-13(11)17-14/h3-7,12,19H,8-10H2,1-2H3. The molecule has 0 bridgehead atoms. The summed E-state index contributed by atoms with van der Waals surface area (Å²) < 4.78 is 5.81. The Morgan fingerprint density at radius 1 is 1.40 bits per heavy atom. The van der Waals surface area contributed by atoms with E-state index < -0.39 is 0 Å². The first-order valence-electron chi connectivity index (χ1n) is 6.83. The van der Waals surface area contributed by atoms with Crippen molar-refractivity contribution in [2.24, 2.45) is 0 Å². The maximum absolute atomic E-state index is 9.37. The number of morpholine rings is 1. The van der Waals surface area contributed by atoms with Crippen LogP contribution in [0.3, 0.4) is 0 Å². The van der Waals surface area contributed by atoms with Crippen molar-refractivity contribution in [2.75, 3.05) is 24.6 Å². The molecule has 1 aromatic heterocycles. The van der Waals surface area contributed by atoms with Gasteiger partial charge >= 0.3 is 0 Å². The Kier molecular flexibility index (Phi) is 3.31. The number of nitrogens with zero attached hydrogens (tertiary/aromatic N) is 3. The highest BCUT2D eigenvalue weighted by atomic mass is 16.5. The molecule has 2 heterocycles. The Balaban J connectivity index is 1.93. The predicted octanol–water partition coefficient (Wildman–Crippen LogP) is 1.61. The number of benzene rings is 1. The van der Waals surface area contributed by atoms with E-state index in [0.717, 1.165) is 10.9 Å².